The first kappa shape index (κ1) is 18.0. The standard InChI is InChI=1S/C14H17F3N2O3/c1-13(22,8-14(15,16)17)12(21)19-10(11(18)20)7-9-5-3-2-4-6-9/h2-6,10,22H,7-8H2,1H3,(H2,18,20)(H,19,21)/t10-,13-/m0/s1. The number of primary amides is 1. The molecule has 2 atom stereocenters. The number of halogens is 3. The Morgan fingerprint density at radius 3 is 2.27 bits per heavy atom. The number of nitrogens with two attached hydrogens (primary N) is 1. The van der Waals surface area contributed by atoms with Gasteiger partial charge < -0.3 is 16.2 Å². The predicted molar refractivity (Wildman–Crippen MR) is 72.6 cm³/mol. The maximum absolute atomic E-state index is 12.3. The van der Waals surface area contributed by atoms with Crippen LogP contribution in [0.25, 0.3) is 0 Å². The number of carbonyl (C=O) groups excluding carboxylic acids is 2. The van der Waals surface area contributed by atoms with Crippen molar-refractivity contribution in [1.82, 2.24) is 5.32 Å². The second kappa shape index (κ2) is 6.78. The van der Waals surface area contributed by atoms with Crippen LogP contribution in [0.15, 0.2) is 30.3 Å². The summed E-state index contributed by atoms with van der Waals surface area (Å²) in [6.07, 6.45) is -6.42. The average molecular weight is 318 g/mol. The van der Waals surface area contributed by atoms with E-state index in [-0.39, 0.29) is 6.42 Å². The second-order valence-corrected chi connectivity index (χ2v) is 5.18. The van der Waals surface area contributed by atoms with Crippen LogP contribution in [0.1, 0.15) is 18.9 Å². The summed E-state index contributed by atoms with van der Waals surface area (Å²) in [4.78, 5) is 23.1. The first-order chi connectivity index (χ1) is 10.0. The zero-order chi connectivity index (χ0) is 17.0. The molecule has 8 heteroatoms. The second-order valence-electron chi connectivity index (χ2n) is 5.18. The Morgan fingerprint density at radius 1 is 1.27 bits per heavy atom. The minimum Gasteiger partial charge on any atom is -0.380 e. The Labute approximate surface area is 125 Å². The minimum absolute atomic E-state index is 0.0179. The quantitative estimate of drug-likeness (QED) is 0.728. The van der Waals surface area contributed by atoms with E-state index in [0.717, 1.165) is 6.92 Å². The summed E-state index contributed by atoms with van der Waals surface area (Å²) in [5.41, 5.74) is 3.14. The normalized spacial score (nSPS) is 15.7. The van der Waals surface area contributed by atoms with Crippen molar-refractivity contribution in [3.63, 3.8) is 0 Å². The third kappa shape index (κ3) is 5.72. The average Bonchev–Trinajstić information content (AvgIpc) is 2.36. The fraction of sp³-hybridized carbons (Fsp3) is 0.429. The number of nitrogens with one attached hydrogen (secondary N) is 1. The van der Waals surface area contributed by atoms with E-state index in [0.29, 0.717) is 5.56 Å². The van der Waals surface area contributed by atoms with Gasteiger partial charge >= 0.3 is 6.18 Å². The highest BCUT2D eigenvalue weighted by atomic mass is 19.4. The molecule has 0 aliphatic carbocycles. The minimum atomic E-state index is -4.72. The van der Waals surface area contributed by atoms with Gasteiger partial charge in [-0.1, -0.05) is 30.3 Å². The van der Waals surface area contributed by atoms with Crippen LogP contribution in [0.4, 0.5) is 13.2 Å². The zero-order valence-corrected chi connectivity index (χ0v) is 11.9. The van der Waals surface area contributed by atoms with Gasteiger partial charge in [-0.25, -0.2) is 0 Å². The molecule has 0 saturated heterocycles. The van der Waals surface area contributed by atoms with Crippen LogP contribution in [-0.4, -0.2) is 34.7 Å². The lowest BCUT2D eigenvalue weighted by Gasteiger charge is -2.26. The van der Waals surface area contributed by atoms with Crippen LogP contribution in [0.2, 0.25) is 0 Å². The summed E-state index contributed by atoms with van der Waals surface area (Å²) >= 11 is 0. The molecule has 0 aliphatic rings. The SMILES string of the molecule is C[C@](O)(CC(F)(F)F)C(=O)N[C@@H](Cc1ccccc1)C(N)=O. The molecule has 1 rings (SSSR count). The molecule has 22 heavy (non-hydrogen) atoms. The predicted octanol–water partition coefficient (Wildman–Crippen LogP) is 0.903. The number of aliphatic hydroxyl groups is 1. The van der Waals surface area contributed by atoms with E-state index < -0.39 is 36.1 Å². The molecule has 122 valence electrons. The van der Waals surface area contributed by atoms with Crippen molar-refractivity contribution in [3.8, 4) is 0 Å². The first-order valence-corrected chi connectivity index (χ1v) is 6.44. The summed E-state index contributed by atoms with van der Waals surface area (Å²) in [5, 5.41) is 11.7. The molecular formula is C14H17F3N2O3. The van der Waals surface area contributed by atoms with Crippen LogP contribution < -0.4 is 11.1 Å². The lowest BCUT2D eigenvalue weighted by Crippen LogP contribution is -2.54. The molecule has 0 fully saturated rings. The van der Waals surface area contributed by atoms with Gasteiger partial charge in [0.2, 0.25) is 5.91 Å². The maximum atomic E-state index is 12.3. The molecule has 0 radical (unpaired) electrons. The molecule has 0 saturated carbocycles. The van der Waals surface area contributed by atoms with Gasteiger partial charge in [-0.05, 0) is 12.5 Å². The number of alkyl halides is 3. The molecule has 1 aromatic carbocycles. The Kier molecular flexibility index (Phi) is 5.54. The highest BCUT2D eigenvalue weighted by Crippen LogP contribution is 2.27. The van der Waals surface area contributed by atoms with E-state index in [1.165, 1.54) is 0 Å². The Bertz CT molecular complexity index is 530. The van der Waals surface area contributed by atoms with E-state index >= 15 is 0 Å². The van der Waals surface area contributed by atoms with Crippen LogP contribution in [-0.2, 0) is 16.0 Å². The maximum Gasteiger partial charge on any atom is 0.392 e. The van der Waals surface area contributed by atoms with E-state index in [9.17, 15) is 27.9 Å². The van der Waals surface area contributed by atoms with Gasteiger partial charge in [-0.3, -0.25) is 9.59 Å². The van der Waals surface area contributed by atoms with E-state index in [4.69, 9.17) is 5.73 Å². The molecule has 0 aromatic heterocycles. The molecule has 0 heterocycles. The van der Waals surface area contributed by atoms with Crippen molar-refractivity contribution in [3.05, 3.63) is 35.9 Å². The molecule has 2 amide bonds. The van der Waals surface area contributed by atoms with Gasteiger partial charge in [0, 0.05) is 6.42 Å². The van der Waals surface area contributed by atoms with Crippen molar-refractivity contribution in [2.75, 3.05) is 0 Å². The van der Waals surface area contributed by atoms with Crippen LogP contribution in [0.5, 0.6) is 0 Å². The molecular weight excluding hydrogens is 301 g/mol. The van der Waals surface area contributed by atoms with Gasteiger partial charge in [0.25, 0.3) is 5.91 Å². The van der Waals surface area contributed by atoms with E-state index in [1.807, 2.05) is 0 Å². The van der Waals surface area contributed by atoms with E-state index in [2.05, 4.69) is 5.32 Å². The van der Waals surface area contributed by atoms with Gasteiger partial charge in [0.1, 0.15) is 11.6 Å². The third-order valence-electron chi connectivity index (χ3n) is 2.97. The van der Waals surface area contributed by atoms with Crippen molar-refractivity contribution in [1.29, 1.82) is 0 Å². The highest BCUT2D eigenvalue weighted by Gasteiger charge is 2.43. The summed E-state index contributed by atoms with van der Waals surface area (Å²) in [5.74, 6) is -2.20. The van der Waals surface area contributed by atoms with Crippen molar-refractivity contribution in [2.24, 2.45) is 5.73 Å². The number of benzene rings is 1. The smallest absolute Gasteiger partial charge is 0.380 e. The largest absolute Gasteiger partial charge is 0.392 e. The van der Waals surface area contributed by atoms with Crippen LogP contribution >= 0.6 is 0 Å². The van der Waals surface area contributed by atoms with Crippen molar-refractivity contribution < 1.29 is 27.9 Å². The molecule has 0 bridgehead atoms. The number of rotatable bonds is 6. The number of carbonyl (C=O) groups is 2. The summed E-state index contributed by atoms with van der Waals surface area (Å²) < 4.78 is 37.0. The zero-order valence-electron chi connectivity index (χ0n) is 11.9. The number of hydrogen-bond acceptors (Lipinski definition) is 3. The van der Waals surface area contributed by atoms with Crippen LogP contribution in [0, 0.1) is 0 Å². The fourth-order valence-corrected chi connectivity index (χ4v) is 1.86. The molecule has 4 N–H and O–H groups in total. The van der Waals surface area contributed by atoms with Gasteiger partial charge in [0.05, 0.1) is 6.42 Å². The van der Waals surface area contributed by atoms with Crippen LogP contribution in [0.3, 0.4) is 0 Å². The fourth-order valence-electron chi connectivity index (χ4n) is 1.86. The molecule has 0 aliphatic heterocycles. The number of hydrogen-bond donors (Lipinski definition) is 3. The van der Waals surface area contributed by atoms with Gasteiger partial charge in [-0.2, -0.15) is 13.2 Å². The Morgan fingerprint density at radius 2 is 1.82 bits per heavy atom. The van der Waals surface area contributed by atoms with Gasteiger partial charge in [-0.15, -0.1) is 0 Å². The van der Waals surface area contributed by atoms with Crippen molar-refractivity contribution in [2.45, 2.75) is 37.6 Å². The Hall–Kier alpha value is -2.09. The lowest BCUT2D eigenvalue weighted by atomic mass is 9.99. The highest BCUT2D eigenvalue weighted by molar-refractivity contribution is 5.90. The summed E-state index contributed by atoms with van der Waals surface area (Å²) in [6.45, 7) is 0.733. The van der Waals surface area contributed by atoms with Crippen molar-refractivity contribution >= 4 is 11.8 Å². The Balaban J connectivity index is 2.78. The van der Waals surface area contributed by atoms with E-state index in [1.54, 1.807) is 30.3 Å². The first-order valence-electron chi connectivity index (χ1n) is 6.44. The molecule has 0 unspecified atom stereocenters. The molecule has 5 nitrogen and oxygen atoms in total. The summed E-state index contributed by atoms with van der Waals surface area (Å²) in [6, 6.07) is 7.29. The number of amides is 2. The topological polar surface area (TPSA) is 92.4 Å². The molecule has 1 aromatic rings. The third-order valence-corrected chi connectivity index (χ3v) is 2.97. The lowest BCUT2D eigenvalue weighted by molar-refractivity contribution is -0.181. The monoisotopic (exact) mass is 318 g/mol. The molecule has 0 spiro atoms. The van der Waals surface area contributed by atoms with Gasteiger partial charge in [0.15, 0.2) is 0 Å². The summed E-state index contributed by atoms with van der Waals surface area (Å²) in [7, 11) is 0.